The summed E-state index contributed by atoms with van der Waals surface area (Å²) in [6.07, 6.45) is 5.29. The minimum absolute atomic E-state index is 0.304. The van der Waals surface area contributed by atoms with Crippen molar-refractivity contribution in [2.24, 2.45) is 5.73 Å². The van der Waals surface area contributed by atoms with Gasteiger partial charge in [0.1, 0.15) is 0 Å². The Bertz CT molecular complexity index is 145. The molecule has 0 aliphatic heterocycles. The Hall–Kier alpha value is -0.160. The van der Waals surface area contributed by atoms with Crippen molar-refractivity contribution in [1.29, 1.82) is 0 Å². The first kappa shape index (κ1) is 15.8. The minimum Gasteiger partial charge on any atom is -0.396 e. The van der Waals surface area contributed by atoms with Gasteiger partial charge in [0.2, 0.25) is 0 Å². The van der Waals surface area contributed by atoms with Crippen molar-refractivity contribution in [2.75, 3.05) is 40.5 Å². The molecule has 98 valence electrons. The molecule has 4 nitrogen and oxygen atoms in total. The van der Waals surface area contributed by atoms with E-state index in [-0.39, 0.29) is 0 Å². The van der Waals surface area contributed by atoms with E-state index in [1.165, 1.54) is 0 Å². The second-order valence-corrected chi connectivity index (χ2v) is 4.30. The van der Waals surface area contributed by atoms with E-state index in [4.69, 9.17) is 15.6 Å². The molecule has 0 amide bonds. The van der Waals surface area contributed by atoms with Crippen LogP contribution in [0.25, 0.3) is 0 Å². The van der Waals surface area contributed by atoms with Crippen molar-refractivity contribution in [3.8, 4) is 0 Å². The molecule has 0 saturated heterocycles. The third kappa shape index (κ3) is 8.05. The monoisotopic (exact) mass is 232 g/mol. The maximum atomic E-state index is 8.69. The molecule has 0 spiro atoms. The first-order valence-corrected chi connectivity index (χ1v) is 6.26. The normalized spacial score (nSPS) is 13.3. The third-order valence-electron chi connectivity index (χ3n) is 2.89. The summed E-state index contributed by atoms with van der Waals surface area (Å²) >= 11 is 0. The smallest absolute Gasteiger partial charge is 0.0617 e. The van der Waals surface area contributed by atoms with Crippen LogP contribution in [0.2, 0.25) is 0 Å². The Balaban J connectivity index is 3.72. The van der Waals surface area contributed by atoms with Gasteiger partial charge in [0, 0.05) is 19.8 Å². The van der Waals surface area contributed by atoms with Crippen molar-refractivity contribution in [3.05, 3.63) is 0 Å². The molecule has 1 unspecified atom stereocenters. The second kappa shape index (κ2) is 11.3. The van der Waals surface area contributed by atoms with Crippen LogP contribution in [-0.4, -0.2) is 56.5 Å². The van der Waals surface area contributed by atoms with Crippen LogP contribution in [0.15, 0.2) is 0 Å². The fraction of sp³-hybridized carbons (Fsp3) is 1.00. The number of rotatable bonds is 11. The van der Waals surface area contributed by atoms with Gasteiger partial charge in [-0.3, -0.25) is 0 Å². The fourth-order valence-corrected chi connectivity index (χ4v) is 1.81. The highest BCUT2D eigenvalue weighted by Crippen LogP contribution is 2.07. The van der Waals surface area contributed by atoms with Crippen LogP contribution in [0.5, 0.6) is 0 Å². The van der Waals surface area contributed by atoms with Gasteiger partial charge in [0.25, 0.3) is 0 Å². The lowest BCUT2D eigenvalue weighted by atomic mass is 10.1. The van der Waals surface area contributed by atoms with Gasteiger partial charge in [-0.25, -0.2) is 0 Å². The molecule has 0 saturated carbocycles. The van der Waals surface area contributed by atoms with E-state index in [1.807, 2.05) is 0 Å². The quantitative estimate of drug-likeness (QED) is 0.518. The molecule has 16 heavy (non-hydrogen) atoms. The Morgan fingerprint density at radius 3 is 2.56 bits per heavy atom. The molecule has 0 aromatic carbocycles. The number of aliphatic hydroxyl groups is 1. The number of unbranched alkanes of at least 4 members (excludes halogenated alkanes) is 2. The number of hydrogen-bond acceptors (Lipinski definition) is 4. The Kier molecular flexibility index (Phi) is 11.2. The van der Waals surface area contributed by atoms with E-state index >= 15 is 0 Å². The standard InChI is InChI=1S/C12H28N2O2/c1-14(9-4-3-5-10-15)12(11-16-2)7-6-8-13/h12,15H,3-11,13H2,1-2H3. The molecule has 0 aliphatic rings. The molecular formula is C12H28N2O2. The van der Waals surface area contributed by atoms with Gasteiger partial charge in [-0.15, -0.1) is 0 Å². The lowest BCUT2D eigenvalue weighted by Gasteiger charge is -2.27. The van der Waals surface area contributed by atoms with E-state index in [0.717, 1.165) is 51.8 Å². The summed E-state index contributed by atoms with van der Waals surface area (Å²) in [7, 11) is 3.88. The minimum atomic E-state index is 0.304. The molecule has 1 atom stereocenters. The van der Waals surface area contributed by atoms with Crippen LogP contribution in [-0.2, 0) is 4.74 Å². The van der Waals surface area contributed by atoms with E-state index in [9.17, 15) is 0 Å². The Morgan fingerprint density at radius 2 is 2.00 bits per heavy atom. The average Bonchev–Trinajstić information content (AvgIpc) is 2.29. The highest BCUT2D eigenvalue weighted by atomic mass is 16.5. The zero-order chi connectivity index (χ0) is 12.2. The third-order valence-corrected chi connectivity index (χ3v) is 2.89. The largest absolute Gasteiger partial charge is 0.396 e. The maximum Gasteiger partial charge on any atom is 0.0617 e. The van der Waals surface area contributed by atoms with Crippen molar-refractivity contribution in [3.63, 3.8) is 0 Å². The lowest BCUT2D eigenvalue weighted by molar-refractivity contribution is 0.0987. The molecule has 3 N–H and O–H groups in total. The van der Waals surface area contributed by atoms with Gasteiger partial charge < -0.3 is 20.5 Å². The van der Waals surface area contributed by atoms with E-state index < -0.39 is 0 Å². The molecule has 0 aromatic rings. The van der Waals surface area contributed by atoms with Gasteiger partial charge in [0.15, 0.2) is 0 Å². The van der Waals surface area contributed by atoms with E-state index in [2.05, 4.69) is 11.9 Å². The molecule has 0 fully saturated rings. The van der Waals surface area contributed by atoms with Crippen molar-refractivity contribution in [1.82, 2.24) is 4.90 Å². The van der Waals surface area contributed by atoms with E-state index in [1.54, 1.807) is 7.11 Å². The van der Waals surface area contributed by atoms with Gasteiger partial charge >= 0.3 is 0 Å². The molecule has 0 rings (SSSR count). The predicted molar refractivity (Wildman–Crippen MR) is 67.5 cm³/mol. The lowest BCUT2D eigenvalue weighted by Crippen LogP contribution is -2.36. The molecule has 0 radical (unpaired) electrons. The summed E-state index contributed by atoms with van der Waals surface area (Å²) in [6.45, 7) is 2.89. The fourth-order valence-electron chi connectivity index (χ4n) is 1.81. The second-order valence-electron chi connectivity index (χ2n) is 4.30. The van der Waals surface area contributed by atoms with Gasteiger partial charge in [-0.05, 0) is 52.2 Å². The highest BCUT2D eigenvalue weighted by molar-refractivity contribution is 4.68. The van der Waals surface area contributed by atoms with Crippen LogP contribution in [0.4, 0.5) is 0 Å². The molecule has 0 aromatic heterocycles. The summed E-state index contributed by atoms with van der Waals surface area (Å²) in [5, 5.41) is 8.69. The number of methoxy groups -OCH3 is 1. The first-order chi connectivity index (χ1) is 7.76. The number of ether oxygens (including phenoxy) is 1. The number of hydrogen-bond donors (Lipinski definition) is 2. The maximum absolute atomic E-state index is 8.69. The average molecular weight is 232 g/mol. The van der Waals surface area contributed by atoms with Gasteiger partial charge in [-0.2, -0.15) is 0 Å². The SMILES string of the molecule is COCC(CCCN)N(C)CCCCCO. The number of aliphatic hydroxyl groups excluding tert-OH is 1. The van der Waals surface area contributed by atoms with E-state index in [0.29, 0.717) is 12.6 Å². The molecule has 0 heterocycles. The van der Waals surface area contributed by atoms with Crippen LogP contribution >= 0.6 is 0 Å². The predicted octanol–water partition coefficient (Wildman–Crippen LogP) is 0.835. The summed E-state index contributed by atoms with van der Waals surface area (Å²) in [6, 6.07) is 0.475. The number of nitrogens with two attached hydrogens (primary N) is 1. The zero-order valence-electron chi connectivity index (χ0n) is 10.8. The zero-order valence-corrected chi connectivity index (χ0v) is 10.8. The van der Waals surface area contributed by atoms with Crippen molar-refractivity contribution in [2.45, 2.75) is 38.1 Å². The molecule has 4 heteroatoms. The van der Waals surface area contributed by atoms with Crippen LogP contribution < -0.4 is 5.73 Å². The van der Waals surface area contributed by atoms with Crippen LogP contribution in [0, 0.1) is 0 Å². The summed E-state index contributed by atoms with van der Waals surface area (Å²) < 4.78 is 5.23. The van der Waals surface area contributed by atoms with Crippen LogP contribution in [0.1, 0.15) is 32.1 Å². The molecule has 0 bridgehead atoms. The number of likely N-dealkylation sites (N-methyl/N-ethyl adjacent to an activating group) is 1. The van der Waals surface area contributed by atoms with Gasteiger partial charge in [0.05, 0.1) is 6.61 Å². The van der Waals surface area contributed by atoms with Crippen LogP contribution in [0.3, 0.4) is 0 Å². The summed E-state index contributed by atoms with van der Waals surface area (Å²) in [4.78, 5) is 2.34. The molecule has 0 aliphatic carbocycles. The Morgan fingerprint density at radius 1 is 1.25 bits per heavy atom. The summed E-state index contributed by atoms with van der Waals surface area (Å²) in [5.41, 5.74) is 5.53. The topological polar surface area (TPSA) is 58.7 Å². The van der Waals surface area contributed by atoms with Gasteiger partial charge in [-0.1, -0.05) is 0 Å². The van der Waals surface area contributed by atoms with Crippen molar-refractivity contribution >= 4 is 0 Å². The summed E-state index contributed by atoms with van der Waals surface area (Å²) in [5.74, 6) is 0. The number of nitrogens with zero attached hydrogens (tertiary/aromatic N) is 1. The molecular weight excluding hydrogens is 204 g/mol. The highest BCUT2D eigenvalue weighted by Gasteiger charge is 2.13. The van der Waals surface area contributed by atoms with Crippen molar-refractivity contribution < 1.29 is 9.84 Å². The Labute approximate surface area is 99.8 Å². The first-order valence-electron chi connectivity index (χ1n) is 6.26.